The molecule has 2 aromatic heterocycles. The highest BCUT2D eigenvalue weighted by molar-refractivity contribution is 7.18. The monoisotopic (exact) mass is 345 g/mol. The van der Waals surface area contributed by atoms with Gasteiger partial charge in [-0.05, 0) is 44.3 Å². The predicted octanol–water partition coefficient (Wildman–Crippen LogP) is 2.61. The number of hydrogen-bond donors (Lipinski definition) is 0. The lowest BCUT2D eigenvalue weighted by molar-refractivity contribution is 0.124. The van der Waals surface area contributed by atoms with E-state index in [1.807, 2.05) is 0 Å². The van der Waals surface area contributed by atoms with Gasteiger partial charge in [0.2, 0.25) is 0 Å². The molecule has 130 valence electrons. The number of piperidine rings is 1. The van der Waals surface area contributed by atoms with E-state index >= 15 is 0 Å². The molecule has 0 unspecified atom stereocenters. The molecular weight excluding hydrogens is 318 g/mol. The summed E-state index contributed by atoms with van der Waals surface area (Å²) in [5, 5.41) is 2.19. The van der Waals surface area contributed by atoms with Crippen LogP contribution in [0.25, 0.3) is 10.2 Å². The van der Waals surface area contributed by atoms with Crippen LogP contribution in [0.15, 0.2) is 11.7 Å². The van der Waals surface area contributed by atoms with Gasteiger partial charge < -0.3 is 9.80 Å². The molecule has 4 rings (SSSR count). The lowest BCUT2D eigenvalue weighted by Gasteiger charge is -2.40. The lowest BCUT2D eigenvalue weighted by Crippen LogP contribution is -2.52. The van der Waals surface area contributed by atoms with Crippen molar-refractivity contribution in [1.82, 2.24) is 19.8 Å². The van der Waals surface area contributed by atoms with Crippen LogP contribution < -0.4 is 4.90 Å². The second-order valence-corrected chi connectivity index (χ2v) is 8.09. The third kappa shape index (κ3) is 3.15. The standard InChI is InChI=1S/C18H27N5S/c1-14-12-24-17-16(14)19-13-20-18(17)23-9-7-22(8-10-23)11-15-5-3-4-6-21(15)2/h12-13,15H,3-11H2,1-2H3/t15-/m1/s1. The van der Waals surface area contributed by atoms with Crippen LogP contribution in [0.3, 0.4) is 0 Å². The number of anilines is 1. The minimum Gasteiger partial charge on any atom is -0.353 e. The predicted molar refractivity (Wildman–Crippen MR) is 101 cm³/mol. The first-order valence-corrected chi connectivity index (χ1v) is 9.96. The molecule has 0 spiro atoms. The molecule has 0 amide bonds. The van der Waals surface area contributed by atoms with Crippen molar-refractivity contribution in [2.75, 3.05) is 51.2 Å². The molecule has 2 fully saturated rings. The molecule has 0 N–H and O–H groups in total. The Hall–Kier alpha value is -1.24. The zero-order valence-corrected chi connectivity index (χ0v) is 15.6. The van der Waals surface area contributed by atoms with Gasteiger partial charge in [-0.3, -0.25) is 4.90 Å². The number of fused-ring (bicyclic) bond motifs is 1. The Morgan fingerprint density at radius 3 is 2.75 bits per heavy atom. The first-order chi connectivity index (χ1) is 11.7. The Balaban J connectivity index is 1.40. The molecule has 24 heavy (non-hydrogen) atoms. The summed E-state index contributed by atoms with van der Waals surface area (Å²) in [6, 6.07) is 0.746. The van der Waals surface area contributed by atoms with Crippen LogP contribution in [0.5, 0.6) is 0 Å². The van der Waals surface area contributed by atoms with Gasteiger partial charge in [0.05, 0.1) is 10.2 Å². The van der Waals surface area contributed by atoms with Crippen LogP contribution in [0.4, 0.5) is 5.82 Å². The van der Waals surface area contributed by atoms with Crippen molar-refractivity contribution in [3.8, 4) is 0 Å². The molecule has 0 saturated carbocycles. The zero-order valence-electron chi connectivity index (χ0n) is 14.7. The number of thiophene rings is 1. The smallest absolute Gasteiger partial charge is 0.150 e. The van der Waals surface area contributed by atoms with Crippen LogP contribution in [-0.2, 0) is 0 Å². The van der Waals surface area contributed by atoms with E-state index in [-0.39, 0.29) is 0 Å². The second kappa shape index (κ2) is 6.94. The fraction of sp³-hybridized carbons (Fsp3) is 0.667. The van der Waals surface area contributed by atoms with Gasteiger partial charge in [0.15, 0.2) is 0 Å². The first-order valence-electron chi connectivity index (χ1n) is 9.08. The maximum Gasteiger partial charge on any atom is 0.150 e. The van der Waals surface area contributed by atoms with E-state index in [1.54, 1.807) is 17.7 Å². The molecular formula is C18H27N5S. The molecule has 0 radical (unpaired) electrons. The normalized spacial score (nSPS) is 23.9. The molecule has 0 bridgehead atoms. The Bertz CT molecular complexity index is 692. The zero-order chi connectivity index (χ0) is 16.5. The fourth-order valence-corrected chi connectivity index (χ4v) is 5.02. The van der Waals surface area contributed by atoms with E-state index in [9.17, 15) is 0 Å². The van der Waals surface area contributed by atoms with Gasteiger partial charge in [-0.2, -0.15) is 0 Å². The number of likely N-dealkylation sites (tertiary alicyclic amines) is 1. The van der Waals surface area contributed by atoms with Gasteiger partial charge >= 0.3 is 0 Å². The fourth-order valence-electron chi connectivity index (χ4n) is 4.00. The average molecular weight is 346 g/mol. The van der Waals surface area contributed by atoms with E-state index in [2.05, 4.69) is 44.0 Å². The van der Waals surface area contributed by atoms with Crippen LogP contribution in [-0.4, -0.2) is 72.1 Å². The van der Waals surface area contributed by atoms with Crippen LogP contribution >= 0.6 is 11.3 Å². The summed E-state index contributed by atoms with van der Waals surface area (Å²) in [6.45, 7) is 9.04. The molecule has 5 nitrogen and oxygen atoms in total. The molecule has 1 atom stereocenters. The van der Waals surface area contributed by atoms with Crippen molar-refractivity contribution in [3.63, 3.8) is 0 Å². The minimum atomic E-state index is 0.746. The molecule has 2 saturated heterocycles. The highest BCUT2D eigenvalue weighted by atomic mass is 32.1. The Kier molecular flexibility index (Phi) is 4.70. The maximum absolute atomic E-state index is 4.60. The summed E-state index contributed by atoms with van der Waals surface area (Å²) in [4.78, 5) is 16.7. The highest BCUT2D eigenvalue weighted by Crippen LogP contribution is 2.31. The summed E-state index contributed by atoms with van der Waals surface area (Å²) < 4.78 is 1.25. The van der Waals surface area contributed by atoms with E-state index in [1.165, 1.54) is 42.6 Å². The van der Waals surface area contributed by atoms with Gasteiger partial charge in [0.25, 0.3) is 0 Å². The van der Waals surface area contributed by atoms with Crippen LogP contribution in [0, 0.1) is 6.92 Å². The molecule has 0 aromatic carbocycles. The molecule has 2 aliphatic heterocycles. The molecule has 0 aliphatic carbocycles. The van der Waals surface area contributed by atoms with Gasteiger partial charge in [-0.1, -0.05) is 6.42 Å². The summed E-state index contributed by atoms with van der Waals surface area (Å²) in [6.07, 6.45) is 5.84. The van der Waals surface area contributed by atoms with E-state index in [4.69, 9.17) is 0 Å². The van der Waals surface area contributed by atoms with Crippen molar-refractivity contribution >= 4 is 27.4 Å². The third-order valence-electron chi connectivity index (χ3n) is 5.57. The molecule has 2 aliphatic rings. The van der Waals surface area contributed by atoms with Gasteiger partial charge in [-0.15, -0.1) is 11.3 Å². The Morgan fingerprint density at radius 1 is 1.12 bits per heavy atom. The topological polar surface area (TPSA) is 35.5 Å². The second-order valence-electron chi connectivity index (χ2n) is 7.21. The first kappa shape index (κ1) is 16.2. The number of aryl methyl sites for hydroxylation is 1. The number of nitrogens with zero attached hydrogens (tertiary/aromatic N) is 5. The van der Waals surface area contributed by atoms with Gasteiger partial charge in [-0.25, -0.2) is 9.97 Å². The van der Waals surface area contributed by atoms with E-state index in [0.717, 1.165) is 43.6 Å². The summed E-state index contributed by atoms with van der Waals surface area (Å²) in [5.41, 5.74) is 2.38. The number of hydrogen-bond acceptors (Lipinski definition) is 6. The van der Waals surface area contributed by atoms with Crippen molar-refractivity contribution < 1.29 is 0 Å². The van der Waals surface area contributed by atoms with E-state index in [0.29, 0.717) is 0 Å². The highest BCUT2D eigenvalue weighted by Gasteiger charge is 2.25. The van der Waals surface area contributed by atoms with Crippen molar-refractivity contribution in [1.29, 1.82) is 0 Å². The summed E-state index contributed by atoms with van der Waals surface area (Å²) in [7, 11) is 2.29. The van der Waals surface area contributed by atoms with E-state index < -0.39 is 0 Å². The van der Waals surface area contributed by atoms with Crippen LogP contribution in [0.2, 0.25) is 0 Å². The molecule has 4 heterocycles. The minimum absolute atomic E-state index is 0.746. The summed E-state index contributed by atoms with van der Waals surface area (Å²) in [5.74, 6) is 1.13. The Morgan fingerprint density at radius 2 is 1.96 bits per heavy atom. The average Bonchev–Trinajstić information content (AvgIpc) is 2.99. The van der Waals surface area contributed by atoms with Crippen molar-refractivity contribution in [2.24, 2.45) is 0 Å². The summed E-state index contributed by atoms with van der Waals surface area (Å²) >= 11 is 1.78. The maximum atomic E-state index is 4.60. The quantitative estimate of drug-likeness (QED) is 0.854. The number of likely N-dealkylation sites (N-methyl/N-ethyl adjacent to an activating group) is 1. The van der Waals surface area contributed by atoms with Gasteiger partial charge in [0.1, 0.15) is 12.1 Å². The van der Waals surface area contributed by atoms with Crippen molar-refractivity contribution in [3.05, 3.63) is 17.3 Å². The molecule has 2 aromatic rings. The number of rotatable bonds is 3. The van der Waals surface area contributed by atoms with Crippen LogP contribution in [0.1, 0.15) is 24.8 Å². The SMILES string of the molecule is Cc1csc2c(N3CCN(C[C@H]4CCCCN4C)CC3)ncnc12. The number of aromatic nitrogens is 2. The number of piperazine rings is 1. The van der Waals surface area contributed by atoms with Crippen molar-refractivity contribution in [2.45, 2.75) is 32.2 Å². The lowest BCUT2D eigenvalue weighted by atomic mass is 10.0. The van der Waals surface area contributed by atoms with Gasteiger partial charge in [0, 0.05) is 38.8 Å². The third-order valence-corrected chi connectivity index (χ3v) is 6.66. The molecule has 6 heteroatoms. The Labute approximate surface area is 148 Å². The largest absolute Gasteiger partial charge is 0.353 e.